The molecule has 1 saturated heterocycles. The SMILES string of the molecule is CCC[C@H](NC(=O)C1CC2CCCCC2N1C(=O)[C@@H](NC(=O)[C@@H](NC(=O)C(=O)NC1CCCCC1)C1CCCCC1)C(C)(C)C)C(=O)C(=O)NC1CC1. The van der Waals surface area contributed by atoms with E-state index in [2.05, 4.69) is 26.6 Å². The van der Waals surface area contributed by atoms with E-state index in [-0.39, 0.29) is 35.9 Å². The van der Waals surface area contributed by atoms with Gasteiger partial charge in [0.25, 0.3) is 5.91 Å². The van der Waals surface area contributed by atoms with Crippen LogP contribution in [0.15, 0.2) is 0 Å². The standard InChI is InChI=1S/C40H64N6O7/c1-5-14-28(32(47)36(50)41-27-21-22-27)43-34(48)30-23-25-17-12-13-20-29(25)46(30)39(53)33(40(2,3)4)45-35(49)31(24-15-8-6-9-16-24)44-38(52)37(51)42-26-18-10-7-11-19-26/h24-31,33H,5-23H2,1-4H3,(H,41,50)(H,42,51)(H,43,48)(H,44,52)(H,45,49)/t25?,28-,29?,30?,31-,33+/m0/s1. The van der Waals surface area contributed by atoms with Crippen LogP contribution in [-0.2, 0) is 33.6 Å². The molecule has 4 saturated carbocycles. The maximum Gasteiger partial charge on any atom is 0.309 e. The van der Waals surface area contributed by atoms with E-state index in [0.29, 0.717) is 32.1 Å². The number of Topliss-reactive ketones (excluding diaryl/α,β-unsaturated/α-hetero) is 1. The molecule has 13 nitrogen and oxygen atoms in total. The van der Waals surface area contributed by atoms with E-state index < -0.39 is 64.9 Å². The molecule has 1 heterocycles. The number of hydrogen-bond donors (Lipinski definition) is 5. The third kappa shape index (κ3) is 10.6. The van der Waals surface area contributed by atoms with Crippen LogP contribution in [0.2, 0.25) is 0 Å². The highest BCUT2D eigenvalue weighted by molar-refractivity contribution is 6.38. The predicted molar refractivity (Wildman–Crippen MR) is 199 cm³/mol. The molecule has 296 valence electrons. The number of likely N-dealkylation sites (tertiary alicyclic amines) is 1. The lowest BCUT2D eigenvalue weighted by molar-refractivity contribution is -0.148. The van der Waals surface area contributed by atoms with Crippen LogP contribution < -0.4 is 26.6 Å². The highest BCUT2D eigenvalue weighted by atomic mass is 16.2. The smallest absolute Gasteiger partial charge is 0.309 e. The molecule has 13 heteroatoms. The second-order valence-corrected chi connectivity index (χ2v) is 17.5. The molecular weight excluding hydrogens is 676 g/mol. The second kappa shape index (κ2) is 18.2. The number of nitrogens with zero attached hydrogens (tertiary/aromatic N) is 1. The number of fused-ring (bicyclic) bond motifs is 1. The number of rotatable bonds is 13. The number of carbonyl (C=O) groups is 7. The lowest BCUT2D eigenvalue weighted by Gasteiger charge is -2.40. The second-order valence-electron chi connectivity index (χ2n) is 17.5. The molecule has 1 aliphatic heterocycles. The zero-order valence-electron chi connectivity index (χ0n) is 32.4. The van der Waals surface area contributed by atoms with Gasteiger partial charge in [-0.05, 0) is 81.5 Å². The monoisotopic (exact) mass is 740 g/mol. The van der Waals surface area contributed by atoms with Crippen LogP contribution >= 0.6 is 0 Å². The molecule has 0 aromatic heterocycles. The third-order valence-corrected chi connectivity index (χ3v) is 12.2. The molecule has 6 atom stereocenters. The first-order chi connectivity index (χ1) is 25.3. The highest BCUT2D eigenvalue weighted by Gasteiger charge is 2.51. The fraction of sp³-hybridized carbons (Fsp3) is 0.825. The van der Waals surface area contributed by atoms with Crippen molar-refractivity contribution in [2.24, 2.45) is 17.3 Å². The summed E-state index contributed by atoms with van der Waals surface area (Å²) in [5.41, 5.74) is -0.776. The van der Waals surface area contributed by atoms with Crippen LogP contribution in [0, 0.1) is 17.3 Å². The molecule has 5 rings (SSSR count). The molecule has 5 aliphatic rings. The van der Waals surface area contributed by atoms with Gasteiger partial charge in [0.15, 0.2) is 0 Å². The van der Waals surface area contributed by atoms with Crippen molar-refractivity contribution in [3.63, 3.8) is 0 Å². The molecule has 5 fully saturated rings. The van der Waals surface area contributed by atoms with Gasteiger partial charge in [-0.25, -0.2) is 0 Å². The maximum absolute atomic E-state index is 14.9. The lowest BCUT2D eigenvalue weighted by atomic mass is 9.81. The van der Waals surface area contributed by atoms with Gasteiger partial charge in [0, 0.05) is 18.1 Å². The van der Waals surface area contributed by atoms with E-state index in [0.717, 1.165) is 89.9 Å². The van der Waals surface area contributed by atoms with Crippen molar-refractivity contribution in [1.29, 1.82) is 0 Å². The normalized spacial score (nSPS) is 25.6. The first-order valence-corrected chi connectivity index (χ1v) is 20.7. The largest absolute Gasteiger partial charge is 0.347 e. The minimum Gasteiger partial charge on any atom is -0.347 e. The van der Waals surface area contributed by atoms with E-state index in [4.69, 9.17) is 0 Å². The minimum atomic E-state index is -1.04. The van der Waals surface area contributed by atoms with Crippen molar-refractivity contribution < 1.29 is 33.6 Å². The summed E-state index contributed by atoms with van der Waals surface area (Å²) in [6.07, 6.45) is 15.5. The van der Waals surface area contributed by atoms with Crippen LogP contribution in [0.25, 0.3) is 0 Å². The third-order valence-electron chi connectivity index (χ3n) is 12.2. The maximum atomic E-state index is 14.9. The van der Waals surface area contributed by atoms with Crippen LogP contribution in [0.5, 0.6) is 0 Å². The Kier molecular flexibility index (Phi) is 14.0. The average Bonchev–Trinajstić information content (AvgIpc) is 3.87. The Bertz CT molecular complexity index is 1360. The number of carbonyl (C=O) groups excluding carboxylic acids is 7. The van der Waals surface area contributed by atoms with E-state index in [9.17, 15) is 33.6 Å². The molecule has 0 bridgehead atoms. The summed E-state index contributed by atoms with van der Waals surface area (Å²) in [5.74, 6) is -4.41. The van der Waals surface area contributed by atoms with Gasteiger partial charge in [0.05, 0.1) is 6.04 Å². The van der Waals surface area contributed by atoms with E-state index in [1.54, 1.807) is 4.90 Å². The van der Waals surface area contributed by atoms with Crippen molar-refractivity contribution >= 4 is 41.2 Å². The van der Waals surface area contributed by atoms with Crippen LogP contribution in [0.4, 0.5) is 0 Å². The average molecular weight is 741 g/mol. The van der Waals surface area contributed by atoms with Crippen LogP contribution in [-0.4, -0.2) is 88.4 Å². The highest BCUT2D eigenvalue weighted by Crippen LogP contribution is 2.41. The summed E-state index contributed by atoms with van der Waals surface area (Å²) >= 11 is 0. The summed E-state index contributed by atoms with van der Waals surface area (Å²) in [5, 5.41) is 14.2. The molecule has 5 N–H and O–H groups in total. The zero-order valence-corrected chi connectivity index (χ0v) is 32.4. The summed E-state index contributed by atoms with van der Waals surface area (Å²) in [7, 11) is 0. The topological polar surface area (TPSA) is 183 Å². The van der Waals surface area contributed by atoms with E-state index >= 15 is 0 Å². The van der Waals surface area contributed by atoms with Crippen molar-refractivity contribution in [1.82, 2.24) is 31.5 Å². The quantitative estimate of drug-likeness (QED) is 0.180. The van der Waals surface area contributed by atoms with Gasteiger partial charge < -0.3 is 31.5 Å². The molecule has 3 unspecified atom stereocenters. The van der Waals surface area contributed by atoms with Gasteiger partial charge in [-0.1, -0.05) is 85.5 Å². The molecule has 53 heavy (non-hydrogen) atoms. The van der Waals surface area contributed by atoms with Crippen LogP contribution in [0.1, 0.15) is 150 Å². The molecule has 0 aromatic rings. The summed E-state index contributed by atoms with van der Waals surface area (Å²) in [6.45, 7) is 7.47. The summed E-state index contributed by atoms with van der Waals surface area (Å²) in [4.78, 5) is 97.1. The zero-order chi connectivity index (χ0) is 38.3. The Balaban J connectivity index is 1.34. The fourth-order valence-corrected chi connectivity index (χ4v) is 9.08. The van der Waals surface area contributed by atoms with Gasteiger partial charge in [-0.3, -0.25) is 33.6 Å². The molecule has 6 amide bonds. The Morgan fingerprint density at radius 3 is 1.87 bits per heavy atom. The van der Waals surface area contributed by atoms with Crippen molar-refractivity contribution in [3.8, 4) is 0 Å². The number of hydrogen-bond acceptors (Lipinski definition) is 7. The number of nitrogens with one attached hydrogen (secondary N) is 5. The molecule has 0 aromatic carbocycles. The molecule has 0 spiro atoms. The predicted octanol–water partition coefficient (Wildman–Crippen LogP) is 3.32. The minimum absolute atomic E-state index is 0.00442. The Labute approximate surface area is 315 Å². The Morgan fingerprint density at radius 2 is 1.25 bits per heavy atom. The van der Waals surface area contributed by atoms with E-state index in [1.165, 1.54) is 0 Å². The first-order valence-electron chi connectivity index (χ1n) is 20.7. The summed E-state index contributed by atoms with van der Waals surface area (Å²) in [6, 6.07) is -4.17. The van der Waals surface area contributed by atoms with Gasteiger partial charge in [0.2, 0.25) is 23.5 Å². The summed E-state index contributed by atoms with van der Waals surface area (Å²) < 4.78 is 0. The van der Waals surface area contributed by atoms with E-state index in [1.807, 2.05) is 27.7 Å². The molecule has 4 aliphatic carbocycles. The Hall–Kier alpha value is -3.51. The first kappa shape index (κ1) is 40.7. The van der Waals surface area contributed by atoms with Crippen LogP contribution in [0.3, 0.4) is 0 Å². The fourth-order valence-electron chi connectivity index (χ4n) is 9.08. The van der Waals surface area contributed by atoms with Crippen molar-refractivity contribution in [2.75, 3.05) is 0 Å². The molecule has 0 radical (unpaired) electrons. The van der Waals surface area contributed by atoms with Gasteiger partial charge in [-0.2, -0.15) is 0 Å². The van der Waals surface area contributed by atoms with Gasteiger partial charge >= 0.3 is 11.8 Å². The molecular formula is C40H64N6O7. The van der Waals surface area contributed by atoms with Crippen molar-refractivity contribution in [3.05, 3.63) is 0 Å². The Morgan fingerprint density at radius 1 is 0.660 bits per heavy atom. The van der Waals surface area contributed by atoms with Gasteiger partial charge in [0.1, 0.15) is 18.1 Å². The number of amides is 6. The lowest BCUT2D eigenvalue weighted by Crippen LogP contribution is -2.63. The van der Waals surface area contributed by atoms with Gasteiger partial charge in [-0.15, -0.1) is 0 Å². The van der Waals surface area contributed by atoms with Crippen molar-refractivity contribution in [2.45, 2.75) is 192 Å². The number of ketones is 1.